The van der Waals surface area contributed by atoms with E-state index >= 15 is 0 Å². The zero-order valence-corrected chi connectivity index (χ0v) is 12.5. The summed E-state index contributed by atoms with van der Waals surface area (Å²) in [7, 11) is 1.60. The van der Waals surface area contributed by atoms with Crippen molar-refractivity contribution in [3.05, 3.63) is 35.4 Å². The fourth-order valence-electron chi connectivity index (χ4n) is 1.84. The molecule has 1 aromatic carbocycles. The number of benzene rings is 1. The van der Waals surface area contributed by atoms with Crippen LogP contribution in [0.4, 0.5) is 4.79 Å². The summed E-state index contributed by atoms with van der Waals surface area (Å²) in [5.74, 6) is -0.938. The molecule has 6 nitrogen and oxygen atoms in total. The Morgan fingerprint density at radius 3 is 2.48 bits per heavy atom. The van der Waals surface area contributed by atoms with Gasteiger partial charge < -0.3 is 20.1 Å². The molecule has 0 aliphatic heterocycles. The molecule has 0 saturated carbocycles. The van der Waals surface area contributed by atoms with E-state index < -0.39 is 5.97 Å². The van der Waals surface area contributed by atoms with Crippen molar-refractivity contribution in [2.45, 2.75) is 13.3 Å². The maximum absolute atomic E-state index is 11.9. The van der Waals surface area contributed by atoms with Crippen LogP contribution in [0.5, 0.6) is 0 Å². The third-order valence-corrected chi connectivity index (χ3v) is 3.13. The SMILES string of the molecule is CCN(CCOC)C(=O)NCCc1ccc(C(=O)O)cc1. The number of carbonyl (C=O) groups is 2. The fraction of sp³-hybridized carbons (Fsp3) is 0.467. The zero-order chi connectivity index (χ0) is 15.7. The van der Waals surface area contributed by atoms with Gasteiger partial charge in [-0.15, -0.1) is 0 Å². The Bertz CT molecular complexity index is 459. The smallest absolute Gasteiger partial charge is 0.335 e. The van der Waals surface area contributed by atoms with E-state index in [4.69, 9.17) is 9.84 Å². The number of rotatable bonds is 8. The van der Waals surface area contributed by atoms with Crippen molar-refractivity contribution in [2.24, 2.45) is 0 Å². The molecule has 0 aromatic heterocycles. The molecule has 0 aliphatic rings. The summed E-state index contributed by atoms with van der Waals surface area (Å²) >= 11 is 0. The second-order valence-electron chi connectivity index (χ2n) is 4.56. The first-order valence-corrected chi connectivity index (χ1v) is 6.92. The second kappa shape index (κ2) is 8.97. The third-order valence-electron chi connectivity index (χ3n) is 3.13. The lowest BCUT2D eigenvalue weighted by Crippen LogP contribution is -2.42. The largest absolute Gasteiger partial charge is 0.478 e. The molecule has 2 amide bonds. The first kappa shape index (κ1) is 17.0. The van der Waals surface area contributed by atoms with Gasteiger partial charge in [-0.3, -0.25) is 0 Å². The topological polar surface area (TPSA) is 78.9 Å². The summed E-state index contributed by atoms with van der Waals surface area (Å²) in [6.07, 6.45) is 0.660. The van der Waals surface area contributed by atoms with Gasteiger partial charge in [0.2, 0.25) is 0 Å². The lowest BCUT2D eigenvalue weighted by atomic mass is 10.1. The maximum atomic E-state index is 11.9. The second-order valence-corrected chi connectivity index (χ2v) is 4.56. The maximum Gasteiger partial charge on any atom is 0.335 e. The van der Waals surface area contributed by atoms with E-state index in [1.807, 2.05) is 6.92 Å². The highest BCUT2D eigenvalue weighted by Crippen LogP contribution is 2.04. The highest BCUT2D eigenvalue weighted by atomic mass is 16.5. The first-order valence-electron chi connectivity index (χ1n) is 6.92. The molecule has 116 valence electrons. The quantitative estimate of drug-likeness (QED) is 0.763. The molecule has 0 aliphatic carbocycles. The average Bonchev–Trinajstić information content (AvgIpc) is 2.48. The molecule has 21 heavy (non-hydrogen) atoms. The molecule has 0 unspecified atom stereocenters. The van der Waals surface area contributed by atoms with E-state index in [0.717, 1.165) is 5.56 Å². The van der Waals surface area contributed by atoms with E-state index in [1.165, 1.54) is 0 Å². The molecule has 0 spiro atoms. The van der Waals surface area contributed by atoms with Crippen molar-refractivity contribution in [3.63, 3.8) is 0 Å². The van der Waals surface area contributed by atoms with Gasteiger partial charge in [-0.05, 0) is 31.0 Å². The van der Waals surface area contributed by atoms with Gasteiger partial charge in [0, 0.05) is 26.7 Å². The number of hydrogen-bond acceptors (Lipinski definition) is 3. The molecule has 0 atom stereocenters. The molecule has 1 aromatic rings. The predicted molar refractivity (Wildman–Crippen MR) is 79.6 cm³/mol. The van der Waals surface area contributed by atoms with Crippen molar-refractivity contribution in [3.8, 4) is 0 Å². The number of urea groups is 1. The van der Waals surface area contributed by atoms with Crippen LogP contribution in [0.1, 0.15) is 22.8 Å². The number of methoxy groups -OCH3 is 1. The number of carbonyl (C=O) groups excluding carboxylic acids is 1. The minimum atomic E-state index is -0.938. The fourth-order valence-corrected chi connectivity index (χ4v) is 1.84. The molecule has 0 bridgehead atoms. The van der Waals surface area contributed by atoms with Crippen LogP contribution < -0.4 is 5.32 Å². The van der Waals surface area contributed by atoms with E-state index in [2.05, 4.69) is 5.32 Å². The van der Waals surface area contributed by atoms with Gasteiger partial charge in [0.1, 0.15) is 0 Å². The normalized spacial score (nSPS) is 10.2. The number of amides is 2. The zero-order valence-electron chi connectivity index (χ0n) is 12.5. The number of likely N-dealkylation sites (N-methyl/N-ethyl adjacent to an activating group) is 1. The Balaban J connectivity index is 2.38. The van der Waals surface area contributed by atoms with Crippen LogP contribution in [-0.4, -0.2) is 55.4 Å². The van der Waals surface area contributed by atoms with Gasteiger partial charge in [0.15, 0.2) is 0 Å². The van der Waals surface area contributed by atoms with E-state index in [-0.39, 0.29) is 11.6 Å². The number of ether oxygens (including phenoxy) is 1. The van der Waals surface area contributed by atoms with Gasteiger partial charge in [0.05, 0.1) is 12.2 Å². The third kappa shape index (κ3) is 5.83. The van der Waals surface area contributed by atoms with Crippen LogP contribution in [0.2, 0.25) is 0 Å². The van der Waals surface area contributed by atoms with Crippen molar-refractivity contribution >= 4 is 12.0 Å². The minimum absolute atomic E-state index is 0.114. The van der Waals surface area contributed by atoms with Crippen LogP contribution in [0.15, 0.2) is 24.3 Å². The number of carboxylic acid groups (broad SMARTS) is 1. The van der Waals surface area contributed by atoms with Gasteiger partial charge in [-0.25, -0.2) is 9.59 Å². The summed E-state index contributed by atoms with van der Waals surface area (Å²) in [6, 6.07) is 6.54. The van der Waals surface area contributed by atoms with Crippen LogP contribution in [0, 0.1) is 0 Å². The van der Waals surface area contributed by atoms with E-state index in [9.17, 15) is 9.59 Å². The molecule has 2 N–H and O–H groups in total. The van der Waals surface area contributed by atoms with Crippen LogP contribution in [0.25, 0.3) is 0 Å². The average molecular weight is 294 g/mol. The van der Waals surface area contributed by atoms with Crippen molar-refractivity contribution in [1.29, 1.82) is 0 Å². The van der Waals surface area contributed by atoms with Crippen LogP contribution in [0.3, 0.4) is 0 Å². The van der Waals surface area contributed by atoms with E-state index in [1.54, 1.807) is 36.3 Å². The summed E-state index contributed by atoms with van der Waals surface area (Å²) in [6.45, 7) is 4.13. The summed E-state index contributed by atoms with van der Waals surface area (Å²) in [4.78, 5) is 24.3. The van der Waals surface area contributed by atoms with Gasteiger partial charge in [0.25, 0.3) is 0 Å². The van der Waals surface area contributed by atoms with Crippen molar-refractivity contribution in [1.82, 2.24) is 10.2 Å². The molecule has 1 rings (SSSR count). The molecular formula is C15H22N2O4. The highest BCUT2D eigenvalue weighted by Gasteiger charge is 2.10. The lowest BCUT2D eigenvalue weighted by Gasteiger charge is -2.20. The first-order chi connectivity index (χ1) is 10.1. The summed E-state index contributed by atoms with van der Waals surface area (Å²) in [5, 5.41) is 11.7. The summed E-state index contributed by atoms with van der Waals surface area (Å²) in [5.41, 5.74) is 1.25. The van der Waals surface area contributed by atoms with Crippen molar-refractivity contribution < 1.29 is 19.4 Å². The highest BCUT2D eigenvalue weighted by molar-refractivity contribution is 5.87. The Hall–Kier alpha value is -2.08. The van der Waals surface area contributed by atoms with Crippen LogP contribution in [-0.2, 0) is 11.2 Å². The van der Waals surface area contributed by atoms with Gasteiger partial charge >= 0.3 is 12.0 Å². The Kier molecular flexibility index (Phi) is 7.25. The Morgan fingerprint density at radius 1 is 1.29 bits per heavy atom. The molecule has 0 radical (unpaired) electrons. The number of aromatic carboxylic acids is 1. The molecular weight excluding hydrogens is 272 g/mol. The minimum Gasteiger partial charge on any atom is -0.478 e. The van der Waals surface area contributed by atoms with Crippen LogP contribution >= 0.6 is 0 Å². The predicted octanol–water partition coefficient (Wildman–Crippen LogP) is 1.61. The number of nitrogens with one attached hydrogen (secondary N) is 1. The molecule has 0 saturated heterocycles. The molecule has 0 heterocycles. The van der Waals surface area contributed by atoms with E-state index in [0.29, 0.717) is 32.7 Å². The summed E-state index contributed by atoms with van der Waals surface area (Å²) < 4.78 is 4.96. The number of carboxylic acids is 1. The number of hydrogen-bond donors (Lipinski definition) is 2. The standard InChI is InChI=1S/C15H22N2O4/c1-3-17(10-11-21-2)15(20)16-9-8-12-4-6-13(7-5-12)14(18)19/h4-7H,3,8-11H2,1-2H3,(H,16,20)(H,18,19). The van der Waals surface area contributed by atoms with Gasteiger partial charge in [-0.1, -0.05) is 12.1 Å². The Labute approximate surface area is 124 Å². The number of nitrogens with zero attached hydrogens (tertiary/aromatic N) is 1. The lowest BCUT2D eigenvalue weighted by molar-refractivity contribution is 0.0697. The van der Waals surface area contributed by atoms with Crippen molar-refractivity contribution in [2.75, 3.05) is 33.4 Å². The monoisotopic (exact) mass is 294 g/mol. The Morgan fingerprint density at radius 2 is 1.95 bits per heavy atom. The molecule has 6 heteroatoms. The molecule has 0 fully saturated rings. The van der Waals surface area contributed by atoms with Gasteiger partial charge in [-0.2, -0.15) is 0 Å².